The van der Waals surface area contributed by atoms with Gasteiger partial charge in [-0.05, 0) is 29.4 Å². The molecule has 0 bridgehead atoms. The number of aryl methyl sites for hydroxylation is 1. The van der Waals surface area contributed by atoms with Crippen molar-refractivity contribution in [1.82, 2.24) is 0 Å². The monoisotopic (exact) mass is 743 g/mol. The third-order valence-electron chi connectivity index (χ3n) is 6.14. The van der Waals surface area contributed by atoms with Crippen LogP contribution in [0.1, 0.15) is 23.7 Å². The third kappa shape index (κ3) is 6.85. The zero-order valence-corrected chi connectivity index (χ0v) is 26.0. The van der Waals surface area contributed by atoms with Crippen LogP contribution in [0, 0.1) is 8.48 Å². The molecule has 8 heteroatoms. The second kappa shape index (κ2) is 12.7. The van der Waals surface area contributed by atoms with Crippen molar-refractivity contribution in [3.05, 3.63) is 113 Å². The Labute approximate surface area is 245 Å². The Morgan fingerprint density at radius 3 is 2.36 bits per heavy atom. The molecule has 0 saturated carbocycles. The number of anilines is 3. The van der Waals surface area contributed by atoms with Gasteiger partial charge >= 0.3 is 149 Å². The van der Waals surface area contributed by atoms with Gasteiger partial charge in [0.25, 0.3) is 0 Å². The number of amides is 1. The van der Waals surface area contributed by atoms with Gasteiger partial charge in [0, 0.05) is 17.8 Å². The van der Waals surface area contributed by atoms with Crippen molar-refractivity contribution in [2.45, 2.75) is 13.3 Å². The summed E-state index contributed by atoms with van der Waals surface area (Å²) in [4.78, 5) is 23.9. The van der Waals surface area contributed by atoms with Gasteiger partial charge in [0.15, 0.2) is 6.20 Å². The molecule has 2 N–H and O–H groups in total. The summed E-state index contributed by atoms with van der Waals surface area (Å²) < 4.78 is 11.1. The topological polar surface area (TPSA) is 74.4 Å². The Morgan fingerprint density at radius 2 is 1.67 bits per heavy atom. The predicted molar refractivity (Wildman–Crippen MR) is 180 cm³/mol. The maximum atomic E-state index is 12.9. The molecular formula is C31H29I2N4O2+. The van der Waals surface area contributed by atoms with Crippen LogP contribution in [0.3, 0.4) is 0 Å². The van der Waals surface area contributed by atoms with Crippen molar-refractivity contribution in [3.63, 3.8) is 0 Å². The van der Waals surface area contributed by atoms with E-state index in [0.29, 0.717) is 11.3 Å². The zero-order valence-electron chi connectivity index (χ0n) is 21.7. The van der Waals surface area contributed by atoms with Gasteiger partial charge in [-0.2, -0.15) is 0 Å². The predicted octanol–water partition coefficient (Wildman–Crippen LogP) is 8.33. The van der Waals surface area contributed by atoms with E-state index in [2.05, 4.69) is 55.2 Å². The van der Waals surface area contributed by atoms with Crippen LogP contribution in [0.5, 0.6) is 0 Å². The van der Waals surface area contributed by atoms with E-state index < -0.39 is 19.8 Å². The van der Waals surface area contributed by atoms with Gasteiger partial charge in [-0.3, -0.25) is 0 Å². The first-order valence-corrected chi connectivity index (χ1v) is 18.7. The first-order valence-electron chi connectivity index (χ1n) is 12.6. The minimum atomic E-state index is -0.970. The number of carbonyl (C=O) groups is 1. The average Bonchev–Trinajstić information content (AvgIpc) is 2.97. The van der Waals surface area contributed by atoms with Gasteiger partial charge in [-0.25, -0.2) is 4.57 Å². The van der Waals surface area contributed by atoms with Crippen molar-refractivity contribution in [3.8, 4) is 0 Å². The number of allylic oxidation sites excluding steroid dienone is 2. The summed E-state index contributed by atoms with van der Waals surface area (Å²) in [6.45, 7) is 2.26. The molecule has 0 aliphatic carbocycles. The number of hydrogen-bond donors (Lipinski definition) is 2. The maximum absolute atomic E-state index is 12.9. The van der Waals surface area contributed by atoms with Crippen LogP contribution in [-0.2, 0) is 7.05 Å². The fraction of sp³-hybridized carbons (Fsp3) is 0.129. The standard InChI is InChI=1S/C31H28I2N4O2/c1-3-17-33-18-14-24(15-19-33)32-23-6-10-26(11-7-23)35-31(38)22-4-8-25(9-5-22)34-29-16-20-37(2)30-13-12-27(36-39)21-28(29)30/h4-16,18-21H,3,17H2,1-2H3,(H,35,38)/p+1. The number of pyridine rings is 1. The summed E-state index contributed by atoms with van der Waals surface area (Å²) in [5.41, 5.74) is 4.41. The third-order valence-corrected chi connectivity index (χ3v) is 13.7. The van der Waals surface area contributed by atoms with E-state index in [1.54, 1.807) is 24.3 Å². The molecule has 0 spiro atoms. The number of aromatic nitrogens is 1. The van der Waals surface area contributed by atoms with Crippen LogP contribution in [0.15, 0.2) is 104 Å². The molecule has 1 aromatic heterocycles. The molecule has 0 unspecified atom stereocenters. The van der Waals surface area contributed by atoms with Crippen molar-refractivity contribution in [1.29, 1.82) is 0 Å². The van der Waals surface area contributed by atoms with Gasteiger partial charge in [0.1, 0.15) is 12.7 Å². The average molecular weight is 743 g/mol. The van der Waals surface area contributed by atoms with Crippen LogP contribution in [0.2, 0.25) is 0 Å². The molecule has 0 atom stereocenters. The molecule has 39 heavy (non-hydrogen) atoms. The van der Waals surface area contributed by atoms with Crippen LogP contribution < -0.4 is 15.2 Å². The second-order valence-electron chi connectivity index (χ2n) is 8.98. The molecule has 0 radical (unpaired) electrons. The van der Waals surface area contributed by atoms with Gasteiger partial charge in [-0.15, -0.1) is 4.91 Å². The van der Waals surface area contributed by atoms with E-state index in [0.717, 1.165) is 28.0 Å². The van der Waals surface area contributed by atoms with Crippen molar-refractivity contribution in [2.24, 2.45) is 12.2 Å². The molecule has 4 aromatic rings. The van der Waals surface area contributed by atoms with E-state index in [-0.39, 0.29) is 26.6 Å². The quantitative estimate of drug-likeness (QED) is 0.0826. The van der Waals surface area contributed by atoms with Gasteiger partial charge in [0.2, 0.25) is 5.52 Å². The van der Waals surface area contributed by atoms with Crippen LogP contribution in [-0.4, -0.2) is 13.8 Å². The summed E-state index contributed by atoms with van der Waals surface area (Å²) in [5.74, 6) is -0.150. The van der Waals surface area contributed by atoms with E-state index in [1.807, 2.05) is 54.2 Å². The summed E-state index contributed by atoms with van der Waals surface area (Å²) in [6.07, 6.45) is 7.92. The number of nitroso groups, excluding NO2 is 1. The molecule has 1 amide bonds. The molecule has 0 saturated heterocycles. The first-order chi connectivity index (χ1) is 19.0. The van der Waals surface area contributed by atoms with E-state index in [9.17, 15) is 9.70 Å². The molecular weight excluding hydrogens is 714 g/mol. The van der Waals surface area contributed by atoms with E-state index >= 15 is 0 Å². The Hall–Kier alpha value is -3.25. The number of alkyl halides is 1. The number of hydrogen-bond acceptors (Lipinski definition) is 4. The van der Waals surface area contributed by atoms with Crippen LogP contribution >= 0.6 is 40.6 Å². The van der Waals surface area contributed by atoms with Crippen molar-refractivity contribution >= 4 is 83.6 Å². The second-order valence-corrected chi connectivity index (χ2v) is 17.0. The normalized spacial score (nSPS) is 13.5. The summed E-state index contributed by atoms with van der Waals surface area (Å²) in [5, 5.41) is 10.4. The first kappa shape index (κ1) is 27.3. The molecule has 3 aromatic carbocycles. The Morgan fingerprint density at radius 1 is 0.949 bits per heavy atom. The number of rotatable bonds is 8. The fourth-order valence-electron chi connectivity index (χ4n) is 4.14. The van der Waals surface area contributed by atoms with Crippen molar-refractivity contribution < 1.29 is 9.36 Å². The Balaban J connectivity index is 1.23. The van der Waals surface area contributed by atoms with Gasteiger partial charge < -0.3 is 5.32 Å². The van der Waals surface area contributed by atoms with Crippen molar-refractivity contribution in [2.75, 3.05) is 15.1 Å². The number of nitrogens with zero attached hydrogens (tertiary/aromatic N) is 2. The summed E-state index contributed by atoms with van der Waals surface area (Å²) in [6, 6.07) is 22.9. The zero-order chi connectivity index (χ0) is 27.2. The van der Waals surface area contributed by atoms with Crippen LogP contribution in [0.25, 0.3) is 10.9 Å². The fourth-order valence-corrected chi connectivity index (χ4v) is 11.6. The van der Waals surface area contributed by atoms with Crippen LogP contribution in [0.4, 0.5) is 22.7 Å². The molecule has 1 aliphatic rings. The van der Waals surface area contributed by atoms with E-state index in [1.165, 1.54) is 17.9 Å². The molecule has 6 nitrogen and oxygen atoms in total. The number of nitrogens with one attached hydrogen (secondary N) is 2. The number of fused-ring (bicyclic) bond motifs is 1. The molecule has 0 fully saturated rings. The number of carbonyl (C=O) groups excluding carboxylic acids is 1. The molecule has 198 valence electrons. The van der Waals surface area contributed by atoms with Gasteiger partial charge in [0.05, 0.1) is 11.1 Å². The molecule has 2 heterocycles. The SMILES string of the molecule is CCCI1C=CC(=Ic2ccc(NC(=O)c3ccc(Nc4cc[n+](C)c5ccc(N=O)cc45)cc3)cc2)C=C1. The summed E-state index contributed by atoms with van der Waals surface area (Å²) in [7, 11) is 1.96. The van der Waals surface area contributed by atoms with E-state index in [4.69, 9.17) is 0 Å². The van der Waals surface area contributed by atoms with Gasteiger partial charge in [-0.1, -0.05) is 0 Å². The Bertz CT molecular complexity index is 1590. The minimum absolute atomic E-state index is 0.150. The molecule has 5 rings (SSSR count). The summed E-state index contributed by atoms with van der Waals surface area (Å²) >= 11 is -1.19. The Kier molecular flexibility index (Phi) is 8.92. The number of halogens is 2. The molecule has 1 aliphatic heterocycles. The number of benzene rings is 3.